The van der Waals surface area contributed by atoms with E-state index < -0.39 is 0 Å². The Labute approximate surface area is 159 Å². The second kappa shape index (κ2) is 7.05. The zero-order valence-electron chi connectivity index (χ0n) is 14.7. The van der Waals surface area contributed by atoms with Gasteiger partial charge in [0.15, 0.2) is 10.3 Å². The quantitative estimate of drug-likeness (QED) is 0.511. The number of hydrogen-bond acceptors (Lipinski definition) is 7. The van der Waals surface area contributed by atoms with E-state index in [2.05, 4.69) is 62.1 Å². The minimum Gasteiger partial charge on any atom is -0.332 e. The number of fused-ring (bicyclic) bond motifs is 1. The monoisotopic (exact) mass is 382 g/mol. The molecular weight excluding hydrogens is 364 g/mol. The Morgan fingerprint density at radius 1 is 1.08 bits per heavy atom. The fourth-order valence-electron chi connectivity index (χ4n) is 2.62. The van der Waals surface area contributed by atoms with Crippen LogP contribution in [-0.2, 0) is 5.75 Å². The molecule has 3 aromatic heterocycles. The van der Waals surface area contributed by atoms with Crippen LogP contribution in [-0.4, -0.2) is 24.6 Å². The van der Waals surface area contributed by atoms with E-state index in [9.17, 15) is 0 Å². The molecule has 1 aromatic carbocycles. The van der Waals surface area contributed by atoms with Crippen LogP contribution in [0.15, 0.2) is 40.9 Å². The van der Waals surface area contributed by atoms with Crippen molar-refractivity contribution >= 4 is 39.7 Å². The molecule has 0 saturated carbocycles. The average Bonchev–Trinajstić information content (AvgIpc) is 3.22. The Kier molecular flexibility index (Phi) is 4.60. The van der Waals surface area contributed by atoms with Crippen molar-refractivity contribution in [2.75, 3.05) is 5.32 Å². The normalized spacial score (nSPS) is 11.2. The molecule has 0 fully saturated rings. The van der Waals surface area contributed by atoms with Gasteiger partial charge in [-0.2, -0.15) is 0 Å². The van der Waals surface area contributed by atoms with Gasteiger partial charge in [-0.3, -0.25) is 4.40 Å². The van der Waals surface area contributed by atoms with E-state index in [0.29, 0.717) is 5.78 Å². The Balaban J connectivity index is 1.46. The third kappa shape index (κ3) is 3.56. The van der Waals surface area contributed by atoms with Crippen LogP contribution in [0.25, 0.3) is 5.78 Å². The SMILES string of the molecule is Cc1ccc(Nc2nc(CSc3nnc4nc(C)cc(C)n34)cs2)cc1. The predicted molar refractivity (Wildman–Crippen MR) is 106 cm³/mol. The minimum atomic E-state index is 0.644. The van der Waals surface area contributed by atoms with Crippen LogP contribution < -0.4 is 5.32 Å². The topological polar surface area (TPSA) is 68.0 Å². The van der Waals surface area contributed by atoms with Crippen molar-refractivity contribution in [3.05, 3.63) is 58.4 Å². The summed E-state index contributed by atoms with van der Waals surface area (Å²) in [6.45, 7) is 6.09. The van der Waals surface area contributed by atoms with Crippen LogP contribution in [0.5, 0.6) is 0 Å². The summed E-state index contributed by atoms with van der Waals surface area (Å²) in [5, 5.41) is 15.6. The fraction of sp³-hybridized carbons (Fsp3) is 0.222. The van der Waals surface area contributed by atoms with E-state index in [0.717, 1.165) is 38.8 Å². The van der Waals surface area contributed by atoms with Crippen LogP contribution in [0.1, 0.15) is 22.6 Å². The summed E-state index contributed by atoms with van der Waals surface area (Å²) in [6, 6.07) is 10.3. The van der Waals surface area contributed by atoms with Gasteiger partial charge in [0.25, 0.3) is 5.78 Å². The lowest BCUT2D eigenvalue weighted by Gasteiger charge is -2.03. The van der Waals surface area contributed by atoms with Crippen LogP contribution in [0.3, 0.4) is 0 Å². The number of thiazole rings is 1. The van der Waals surface area contributed by atoms with E-state index >= 15 is 0 Å². The lowest BCUT2D eigenvalue weighted by molar-refractivity contribution is 0.885. The maximum atomic E-state index is 4.66. The van der Waals surface area contributed by atoms with E-state index in [1.165, 1.54) is 5.56 Å². The molecule has 3 heterocycles. The number of benzene rings is 1. The maximum Gasteiger partial charge on any atom is 0.256 e. The summed E-state index contributed by atoms with van der Waals surface area (Å²) in [6.07, 6.45) is 0. The molecule has 0 aliphatic heterocycles. The predicted octanol–water partition coefficient (Wildman–Crippen LogP) is 4.54. The molecule has 6 nitrogen and oxygen atoms in total. The molecule has 0 bridgehead atoms. The van der Waals surface area contributed by atoms with Crippen molar-refractivity contribution < 1.29 is 0 Å². The van der Waals surface area contributed by atoms with Crippen molar-refractivity contribution in [3.8, 4) is 0 Å². The van der Waals surface area contributed by atoms with Gasteiger partial charge in [-0.25, -0.2) is 9.97 Å². The number of rotatable bonds is 5. The van der Waals surface area contributed by atoms with Gasteiger partial charge in [0.2, 0.25) is 0 Å². The van der Waals surface area contributed by atoms with Gasteiger partial charge in [-0.05, 0) is 39.0 Å². The first-order valence-electron chi connectivity index (χ1n) is 8.19. The van der Waals surface area contributed by atoms with Gasteiger partial charge in [0, 0.05) is 28.2 Å². The smallest absolute Gasteiger partial charge is 0.256 e. The van der Waals surface area contributed by atoms with Crippen LogP contribution in [0, 0.1) is 20.8 Å². The number of aromatic nitrogens is 5. The molecule has 1 N–H and O–H groups in total. The van der Waals surface area contributed by atoms with Crippen LogP contribution in [0.2, 0.25) is 0 Å². The first-order valence-corrected chi connectivity index (χ1v) is 10.1. The second-order valence-electron chi connectivity index (χ2n) is 6.08. The second-order valence-corrected chi connectivity index (χ2v) is 7.88. The number of thioether (sulfide) groups is 1. The highest BCUT2D eigenvalue weighted by molar-refractivity contribution is 7.98. The maximum absolute atomic E-state index is 4.66. The molecule has 0 atom stereocenters. The van der Waals surface area contributed by atoms with Gasteiger partial charge in [0.1, 0.15) is 0 Å². The molecule has 0 amide bonds. The highest BCUT2D eigenvalue weighted by Crippen LogP contribution is 2.26. The molecule has 26 heavy (non-hydrogen) atoms. The van der Waals surface area contributed by atoms with E-state index in [4.69, 9.17) is 0 Å². The number of nitrogens with one attached hydrogen (secondary N) is 1. The third-order valence-corrected chi connectivity index (χ3v) is 5.64. The largest absolute Gasteiger partial charge is 0.332 e. The van der Waals surface area contributed by atoms with E-state index in [1.807, 2.05) is 24.3 Å². The molecule has 0 radical (unpaired) electrons. The summed E-state index contributed by atoms with van der Waals surface area (Å²) >= 11 is 3.22. The van der Waals surface area contributed by atoms with E-state index in [-0.39, 0.29) is 0 Å². The molecule has 0 spiro atoms. The molecule has 4 aromatic rings. The zero-order chi connectivity index (χ0) is 18.1. The van der Waals surface area contributed by atoms with Crippen LogP contribution in [0.4, 0.5) is 10.8 Å². The lowest BCUT2D eigenvalue weighted by Crippen LogP contribution is -1.97. The standard InChI is InChI=1S/C18H18N6S2/c1-11-4-6-14(7-5-11)20-17-21-15(9-25-17)10-26-18-23-22-16-19-12(2)8-13(3)24(16)18/h4-9H,10H2,1-3H3,(H,20,21). The summed E-state index contributed by atoms with van der Waals surface area (Å²) < 4.78 is 1.98. The first kappa shape index (κ1) is 17.0. The number of aryl methyl sites for hydroxylation is 3. The Hall–Kier alpha value is -2.45. The van der Waals surface area contributed by atoms with Gasteiger partial charge in [-0.15, -0.1) is 21.5 Å². The van der Waals surface area contributed by atoms with Gasteiger partial charge in [0.05, 0.1) is 5.69 Å². The molecule has 8 heteroatoms. The van der Waals surface area contributed by atoms with Crippen molar-refractivity contribution in [2.24, 2.45) is 0 Å². The number of nitrogens with zero attached hydrogens (tertiary/aromatic N) is 5. The third-order valence-electron chi connectivity index (χ3n) is 3.87. The molecule has 132 valence electrons. The highest BCUT2D eigenvalue weighted by Gasteiger charge is 2.11. The summed E-state index contributed by atoms with van der Waals surface area (Å²) in [5.41, 5.74) is 5.34. The first-order chi connectivity index (χ1) is 12.6. The van der Waals surface area contributed by atoms with Crippen molar-refractivity contribution in [1.29, 1.82) is 0 Å². The number of anilines is 2. The van der Waals surface area contributed by atoms with Crippen molar-refractivity contribution in [3.63, 3.8) is 0 Å². The lowest BCUT2D eigenvalue weighted by atomic mass is 10.2. The van der Waals surface area contributed by atoms with Gasteiger partial charge in [-0.1, -0.05) is 29.5 Å². The summed E-state index contributed by atoms with van der Waals surface area (Å²) in [5.74, 6) is 1.38. The average molecular weight is 383 g/mol. The highest BCUT2D eigenvalue weighted by atomic mass is 32.2. The Morgan fingerprint density at radius 3 is 2.69 bits per heavy atom. The molecule has 0 unspecified atom stereocenters. The minimum absolute atomic E-state index is 0.644. The molecule has 0 aliphatic carbocycles. The van der Waals surface area contributed by atoms with Crippen molar-refractivity contribution in [2.45, 2.75) is 31.7 Å². The Morgan fingerprint density at radius 2 is 1.88 bits per heavy atom. The zero-order valence-corrected chi connectivity index (χ0v) is 16.4. The summed E-state index contributed by atoms with van der Waals surface area (Å²) in [7, 11) is 0. The van der Waals surface area contributed by atoms with E-state index in [1.54, 1.807) is 23.1 Å². The molecule has 0 aliphatic rings. The summed E-state index contributed by atoms with van der Waals surface area (Å²) in [4.78, 5) is 9.08. The van der Waals surface area contributed by atoms with Crippen LogP contribution >= 0.6 is 23.1 Å². The molecule has 0 saturated heterocycles. The Bertz CT molecular complexity index is 1050. The molecular formula is C18H18N6S2. The fourth-order valence-corrected chi connectivity index (χ4v) is 4.34. The number of hydrogen-bond donors (Lipinski definition) is 1. The van der Waals surface area contributed by atoms with Gasteiger partial charge >= 0.3 is 0 Å². The molecule has 4 rings (SSSR count). The van der Waals surface area contributed by atoms with Crippen molar-refractivity contribution in [1.82, 2.24) is 24.6 Å². The van der Waals surface area contributed by atoms with Gasteiger partial charge < -0.3 is 5.32 Å².